The van der Waals surface area contributed by atoms with E-state index >= 15 is 0 Å². The first-order valence-corrected chi connectivity index (χ1v) is 7.00. The standard InChI is InChI=1S/C18H14FNO3/c1-22-17-7-12(10-21)4-5-16(17)23-11-14-9-15(19)8-13-3-2-6-20-18(13)14/h2-10H,11H2,1H3. The van der Waals surface area contributed by atoms with E-state index in [0.717, 1.165) is 11.7 Å². The molecular weight excluding hydrogens is 297 g/mol. The van der Waals surface area contributed by atoms with Crippen molar-refractivity contribution in [1.82, 2.24) is 4.98 Å². The summed E-state index contributed by atoms with van der Waals surface area (Å²) in [6.45, 7) is 0.141. The highest BCUT2D eigenvalue weighted by atomic mass is 19.1. The third-order valence-electron chi connectivity index (χ3n) is 3.46. The molecule has 0 aliphatic carbocycles. The number of methoxy groups -OCH3 is 1. The van der Waals surface area contributed by atoms with Crippen LogP contribution in [0.4, 0.5) is 4.39 Å². The lowest BCUT2D eigenvalue weighted by Gasteiger charge is -2.12. The highest BCUT2D eigenvalue weighted by Crippen LogP contribution is 2.29. The summed E-state index contributed by atoms with van der Waals surface area (Å²) in [5, 5.41) is 0.717. The molecule has 0 saturated carbocycles. The fourth-order valence-corrected chi connectivity index (χ4v) is 2.37. The molecule has 0 spiro atoms. The van der Waals surface area contributed by atoms with Gasteiger partial charge in [0, 0.05) is 22.7 Å². The predicted octanol–water partition coefficient (Wildman–Crippen LogP) is 3.77. The van der Waals surface area contributed by atoms with Crippen LogP contribution in [0.1, 0.15) is 15.9 Å². The molecule has 0 bridgehead atoms. The average Bonchev–Trinajstić information content (AvgIpc) is 2.59. The number of fused-ring (bicyclic) bond motifs is 1. The van der Waals surface area contributed by atoms with Gasteiger partial charge in [-0.2, -0.15) is 0 Å². The van der Waals surface area contributed by atoms with Crippen LogP contribution in [-0.2, 0) is 6.61 Å². The first-order chi connectivity index (χ1) is 11.2. The summed E-state index contributed by atoms with van der Waals surface area (Å²) >= 11 is 0. The number of aldehydes is 1. The number of hydrogen-bond acceptors (Lipinski definition) is 4. The van der Waals surface area contributed by atoms with Crippen LogP contribution in [0.25, 0.3) is 10.9 Å². The lowest BCUT2D eigenvalue weighted by Crippen LogP contribution is -2.00. The molecule has 0 atom stereocenters. The van der Waals surface area contributed by atoms with E-state index in [4.69, 9.17) is 9.47 Å². The van der Waals surface area contributed by atoms with Crippen molar-refractivity contribution in [3.05, 3.63) is 65.6 Å². The van der Waals surface area contributed by atoms with E-state index in [2.05, 4.69) is 4.98 Å². The van der Waals surface area contributed by atoms with Crippen LogP contribution in [0.15, 0.2) is 48.7 Å². The van der Waals surface area contributed by atoms with Crippen molar-refractivity contribution in [3.63, 3.8) is 0 Å². The zero-order chi connectivity index (χ0) is 16.2. The zero-order valence-electron chi connectivity index (χ0n) is 12.5. The highest BCUT2D eigenvalue weighted by molar-refractivity contribution is 5.81. The van der Waals surface area contributed by atoms with Gasteiger partial charge < -0.3 is 9.47 Å². The van der Waals surface area contributed by atoms with Crippen LogP contribution in [0.5, 0.6) is 11.5 Å². The lowest BCUT2D eigenvalue weighted by molar-refractivity contribution is 0.112. The average molecular weight is 311 g/mol. The minimum absolute atomic E-state index is 0.141. The Labute approximate surface area is 132 Å². The van der Waals surface area contributed by atoms with E-state index in [1.54, 1.807) is 36.5 Å². The Morgan fingerprint density at radius 1 is 1.17 bits per heavy atom. The van der Waals surface area contributed by atoms with Gasteiger partial charge in [-0.05, 0) is 36.4 Å². The minimum atomic E-state index is -0.340. The Kier molecular flexibility index (Phi) is 4.19. The fourth-order valence-electron chi connectivity index (χ4n) is 2.37. The fraction of sp³-hybridized carbons (Fsp3) is 0.111. The topological polar surface area (TPSA) is 48.4 Å². The number of carbonyl (C=O) groups is 1. The minimum Gasteiger partial charge on any atom is -0.493 e. The first-order valence-electron chi connectivity index (χ1n) is 7.00. The van der Waals surface area contributed by atoms with Crippen LogP contribution >= 0.6 is 0 Å². The van der Waals surface area contributed by atoms with Gasteiger partial charge in [0.2, 0.25) is 0 Å². The Bertz CT molecular complexity index is 864. The molecule has 0 saturated heterocycles. The molecule has 0 amide bonds. The number of hydrogen-bond donors (Lipinski definition) is 0. The quantitative estimate of drug-likeness (QED) is 0.673. The molecule has 0 N–H and O–H groups in total. The van der Waals surface area contributed by atoms with Crippen molar-refractivity contribution in [1.29, 1.82) is 0 Å². The predicted molar refractivity (Wildman–Crippen MR) is 84.4 cm³/mol. The summed E-state index contributed by atoms with van der Waals surface area (Å²) in [6.07, 6.45) is 2.39. The number of halogens is 1. The van der Waals surface area contributed by atoms with Crippen molar-refractivity contribution >= 4 is 17.2 Å². The van der Waals surface area contributed by atoms with Gasteiger partial charge in [-0.15, -0.1) is 0 Å². The van der Waals surface area contributed by atoms with Gasteiger partial charge in [0.15, 0.2) is 11.5 Å². The van der Waals surface area contributed by atoms with E-state index in [1.807, 2.05) is 0 Å². The van der Waals surface area contributed by atoms with Gasteiger partial charge in [0.1, 0.15) is 18.7 Å². The molecule has 0 aliphatic heterocycles. The highest BCUT2D eigenvalue weighted by Gasteiger charge is 2.09. The first kappa shape index (κ1) is 15.0. The molecule has 0 fully saturated rings. The molecule has 1 heterocycles. The van der Waals surface area contributed by atoms with Crippen molar-refractivity contribution in [2.45, 2.75) is 6.61 Å². The zero-order valence-corrected chi connectivity index (χ0v) is 12.5. The second-order valence-electron chi connectivity index (χ2n) is 4.96. The number of carbonyl (C=O) groups excluding carboxylic acids is 1. The number of aromatic nitrogens is 1. The SMILES string of the molecule is COc1cc(C=O)ccc1OCc1cc(F)cc2cccnc12. The van der Waals surface area contributed by atoms with Crippen LogP contribution in [0.2, 0.25) is 0 Å². The molecule has 2 aromatic carbocycles. The maximum absolute atomic E-state index is 13.7. The van der Waals surface area contributed by atoms with E-state index in [0.29, 0.717) is 28.1 Å². The molecule has 116 valence electrons. The molecule has 0 unspecified atom stereocenters. The molecule has 1 aromatic heterocycles. The van der Waals surface area contributed by atoms with Crippen LogP contribution in [0.3, 0.4) is 0 Å². The summed E-state index contributed by atoms with van der Waals surface area (Å²) in [4.78, 5) is 15.1. The Balaban J connectivity index is 1.91. The second-order valence-corrected chi connectivity index (χ2v) is 4.96. The number of benzene rings is 2. The van der Waals surface area contributed by atoms with Crippen LogP contribution in [-0.4, -0.2) is 18.4 Å². The molecule has 0 aliphatic rings. The van der Waals surface area contributed by atoms with Crippen molar-refractivity contribution in [2.75, 3.05) is 7.11 Å². The normalized spacial score (nSPS) is 10.5. The van der Waals surface area contributed by atoms with Gasteiger partial charge in [0.25, 0.3) is 0 Å². The third-order valence-corrected chi connectivity index (χ3v) is 3.46. The molecule has 23 heavy (non-hydrogen) atoms. The van der Waals surface area contributed by atoms with Gasteiger partial charge in [-0.3, -0.25) is 9.78 Å². The van der Waals surface area contributed by atoms with Crippen LogP contribution in [0, 0.1) is 5.82 Å². The number of nitrogens with zero attached hydrogens (tertiary/aromatic N) is 1. The molecular formula is C18H14FNO3. The van der Waals surface area contributed by atoms with E-state index < -0.39 is 0 Å². The summed E-state index contributed by atoms with van der Waals surface area (Å²) in [6, 6.07) is 11.3. The van der Waals surface area contributed by atoms with Crippen LogP contribution < -0.4 is 9.47 Å². The Hall–Kier alpha value is -2.95. The maximum atomic E-state index is 13.7. The largest absolute Gasteiger partial charge is 0.493 e. The molecule has 5 heteroatoms. The lowest BCUT2D eigenvalue weighted by atomic mass is 10.1. The molecule has 3 aromatic rings. The Morgan fingerprint density at radius 2 is 2.04 bits per heavy atom. The second kappa shape index (κ2) is 6.44. The van der Waals surface area contributed by atoms with Crippen molar-refractivity contribution in [3.8, 4) is 11.5 Å². The molecule has 0 radical (unpaired) electrons. The Morgan fingerprint density at radius 3 is 2.83 bits per heavy atom. The molecule has 4 nitrogen and oxygen atoms in total. The smallest absolute Gasteiger partial charge is 0.161 e. The number of ether oxygens (including phenoxy) is 2. The maximum Gasteiger partial charge on any atom is 0.161 e. The summed E-state index contributed by atoms with van der Waals surface area (Å²) in [7, 11) is 1.50. The van der Waals surface area contributed by atoms with Gasteiger partial charge >= 0.3 is 0 Å². The van der Waals surface area contributed by atoms with Crippen molar-refractivity contribution in [2.24, 2.45) is 0 Å². The molecule has 3 rings (SSSR count). The number of pyridine rings is 1. The van der Waals surface area contributed by atoms with E-state index in [9.17, 15) is 9.18 Å². The monoisotopic (exact) mass is 311 g/mol. The van der Waals surface area contributed by atoms with E-state index in [-0.39, 0.29) is 12.4 Å². The summed E-state index contributed by atoms with van der Waals surface area (Å²) < 4.78 is 24.7. The van der Waals surface area contributed by atoms with Crippen molar-refractivity contribution < 1.29 is 18.7 Å². The van der Waals surface area contributed by atoms with E-state index in [1.165, 1.54) is 19.2 Å². The van der Waals surface area contributed by atoms with Gasteiger partial charge in [0.05, 0.1) is 12.6 Å². The number of rotatable bonds is 5. The van der Waals surface area contributed by atoms with Gasteiger partial charge in [-0.1, -0.05) is 6.07 Å². The third kappa shape index (κ3) is 3.13. The summed E-state index contributed by atoms with van der Waals surface area (Å²) in [5.74, 6) is 0.585. The summed E-state index contributed by atoms with van der Waals surface area (Å²) in [5.41, 5.74) is 1.83. The van der Waals surface area contributed by atoms with Gasteiger partial charge in [-0.25, -0.2) is 4.39 Å².